The number of epoxide rings is 1. The summed E-state index contributed by atoms with van der Waals surface area (Å²) in [6.07, 6.45) is -0.116. The fraction of sp³-hybridized carbons (Fsp3) is 0.520. The highest BCUT2D eigenvalue weighted by atomic mass is 16.9. The Morgan fingerprint density at radius 1 is 0.967 bits per heavy atom. The molecule has 2 aromatic rings. The van der Waals surface area contributed by atoms with E-state index in [1.54, 1.807) is 0 Å². The Hall–Kier alpha value is -1.76. The molecule has 1 N–H and O–H groups in total. The minimum atomic E-state index is -1.02. The fourth-order valence-electron chi connectivity index (χ4n) is 4.89. The van der Waals surface area contributed by atoms with Crippen molar-refractivity contribution in [2.24, 2.45) is 5.92 Å². The summed E-state index contributed by atoms with van der Waals surface area (Å²) in [6.45, 7) is 11.5. The highest BCUT2D eigenvalue weighted by molar-refractivity contribution is 5.38. The van der Waals surface area contributed by atoms with Gasteiger partial charge in [0.1, 0.15) is 6.10 Å². The largest absolute Gasteiger partial charge is 0.351 e. The highest BCUT2D eigenvalue weighted by Crippen LogP contribution is 2.69. The van der Waals surface area contributed by atoms with E-state index in [0.717, 1.165) is 5.56 Å². The Kier molecular flexibility index (Phi) is 4.62. The maximum atomic E-state index is 6.73. The van der Waals surface area contributed by atoms with E-state index in [1.807, 2.05) is 12.1 Å². The van der Waals surface area contributed by atoms with E-state index in [0.29, 0.717) is 12.5 Å². The van der Waals surface area contributed by atoms with Crippen LogP contribution in [-0.2, 0) is 14.3 Å². The van der Waals surface area contributed by atoms with Gasteiger partial charge in [-0.3, -0.25) is 5.32 Å². The Balaban J connectivity index is 1.65. The zero-order valence-electron chi connectivity index (χ0n) is 18.5. The van der Waals surface area contributed by atoms with Gasteiger partial charge in [0.15, 0.2) is 5.60 Å². The number of ether oxygens (including phenoxy) is 2. The first-order valence-electron chi connectivity index (χ1n) is 11.0. The van der Waals surface area contributed by atoms with Gasteiger partial charge in [-0.15, -0.1) is 0 Å². The van der Waals surface area contributed by atoms with Crippen LogP contribution in [0.4, 0.5) is 0 Å². The van der Waals surface area contributed by atoms with Crippen LogP contribution >= 0.6 is 0 Å². The summed E-state index contributed by atoms with van der Waals surface area (Å²) >= 11 is 0. The van der Waals surface area contributed by atoms with Gasteiger partial charge in [-0.25, -0.2) is 4.84 Å². The van der Waals surface area contributed by atoms with Crippen molar-refractivity contribution in [3.63, 3.8) is 0 Å². The maximum absolute atomic E-state index is 6.73. The normalized spacial score (nSPS) is 36.3. The van der Waals surface area contributed by atoms with Gasteiger partial charge in [0, 0.05) is 11.6 Å². The van der Waals surface area contributed by atoms with Gasteiger partial charge >= 0.3 is 0 Å². The Morgan fingerprint density at radius 2 is 1.57 bits per heavy atom. The molecule has 160 valence electrons. The van der Waals surface area contributed by atoms with E-state index in [2.05, 4.69) is 93.5 Å². The lowest BCUT2D eigenvalue weighted by molar-refractivity contribution is -0.329. The fourth-order valence-corrected chi connectivity index (χ4v) is 4.89. The van der Waals surface area contributed by atoms with E-state index in [4.69, 9.17) is 14.3 Å². The Labute approximate surface area is 179 Å². The molecule has 2 spiro atoms. The molecule has 3 fully saturated rings. The second-order valence-corrected chi connectivity index (χ2v) is 10.0. The van der Waals surface area contributed by atoms with Crippen LogP contribution in [-0.4, -0.2) is 34.8 Å². The van der Waals surface area contributed by atoms with Gasteiger partial charge < -0.3 is 9.47 Å². The van der Waals surface area contributed by atoms with Crippen LogP contribution in [0.2, 0.25) is 0 Å². The monoisotopic (exact) mass is 408 g/mol. The average molecular weight is 409 g/mol. The predicted octanol–water partition coefficient (Wildman–Crippen LogP) is 4.58. The average Bonchev–Trinajstić information content (AvgIpc) is 3.20. The van der Waals surface area contributed by atoms with Crippen molar-refractivity contribution < 1.29 is 14.3 Å². The summed E-state index contributed by atoms with van der Waals surface area (Å²) in [7, 11) is 0. The number of benzene rings is 2. The van der Waals surface area contributed by atoms with Crippen molar-refractivity contribution in [3.05, 3.63) is 71.8 Å². The molecular formula is C25H32N2O3. The molecule has 0 bridgehead atoms. The summed E-state index contributed by atoms with van der Waals surface area (Å²) in [5.74, 6) is -0.589. The van der Waals surface area contributed by atoms with E-state index in [1.165, 1.54) is 5.56 Å². The van der Waals surface area contributed by atoms with E-state index in [9.17, 15) is 0 Å². The molecule has 3 heterocycles. The summed E-state index contributed by atoms with van der Waals surface area (Å²) in [4.78, 5) is 6.73. The van der Waals surface area contributed by atoms with Crippen LogP contribution in [0.1, 0.15) is 57.9 Å². The number of nitrogens with zero attached hydrogens (tertiary/aromatic N) is 1. The smallest absolute Gasteiger partial charge is 0.280 e. The van der Waals surface area contributed by atoms with E-state index >= 15 is 0 Å². The molecule has 3 aliphatic heterocycles. The second kappa shape index (κ2) is 6.87. The minimum absolute atomic E-state index is 0.109. The molecule has 0 amide bonds. The predicted molar refractivity (Wildman–Crippen MR) is 115 cm³/mol. The number of fused-ring (bicyclic) bond motifs is 1. The lowest BCUT2D eigenvalue weighted by atomic mass is 9.83. The lowest BCUT2D eigenvalue weighted by Crippen LogP contribution is -2.56. The van der Waals surface area contributed by atoms with Crippen molar-refractivity contribution in [1.82, 2.24) is 10.4 Å². The highest BCUT2D eigenvalue weighted by Gasteiger charge is 2.83. The molecule has 5 nitrogen and oxygen atoms in total. The van der Waals surface area contributed by atoms with Gasteiger partial charge in [0.25, 0.3) is 5.91 Å². The zero-order chi connectivity index (χ0) is 21.1. The van der Waals surface area contributed by atoms with Crippen molar-refractivity contribution in [2.75, 3.05) is 6.61 Å². The maximum Gasteiger partial charge on any atom is 0.280 e. The van der Waals surface area contributed by atoms with Gasteiger partial charge in [-0.1, -0.05) is 74.5 Å². The van der Waals surface area contributed by atoms with E-state index in [-0.39, 0.29) is 23.7 Å². The molecule has 0 aliphatic carbocycles. The summed E-state index contributed by atoms with van der Waals surface area (Å²) in [5, 5.41) is 5.79. The van der Waals surface area contributed by atoms with Gasteiger partial charge in [0.05, 0.1) is 12.6 Å². The Bertz CT molecular complexity index is 898. The molecule has 0 aromatic heterocycles. The summed E-state index contributed by atoms with van der Waals surface area (Å²) in [6, 6.07) is 21.0. The zero-order valence-corrected chi connectivity index (χ0v) is 18.5. The summed E-state index contributed by atoms with van der Waals surface area (Å²) < 4.78 is 13.1. The van der Waals surface area contributed by atoms with Crippen molar-refractivity contribution in [2.45, 2.75) is 69.9 Å². The van der Waals surface area contributed by atoms with Crippen molar-refractivity contribution in [3.8, 4) is 0 Å². The molecule has 3 saturated heterocycles. The molecule has 0 unspecified atom stereocenters. The third kappa shape index (κ3) is 2.88. The van der Waals surface area contributed by atoms with Gasteiger partial charge in [-0.2, -0.15) is 5.06 Å². The van der Waals surface area contributed by atoms with Crippen LogP contribution in [0.15, 0.2) is 60.7 Å². The Morgan fingerprint density at radius 3 is 2.10 bits per heavy atom. The van der Waals surface area contributed by atoms with Gasteiger partial charge in [0.2, 0.25) is 0 Å². The number of hydrogen-bond acceptors (Lipinski definition) is 5. The van der Waals surface area contributed by atoms with Crippen molar-refractivity contribution >= 4 is 0 Å². The number of nitrogens with one attached hydrogen (secondary N) is 1. The quantitative estimate of drug-likeness (QED) is 0.753. The SMILES string of the molecule is CC(C)[C@H]1CO[C@@]2(N1)ON(C(C)(C)C)[C@@H](c1ccccc1)[C@]21O[C@@H]1c1ccccc1. The van der Waals surface area contributed by atoms with Crippen LogP contribution in [0.5, 0.6) is 0 Å². The number of hydroxylamine groups is 2. The molecule has 5 atom stereocenters. The van der Waals surface area contributed by atoms with Crippen LogP contribution < -0.4 is 5.32 Å². The molecule has 5 rings (SSSR count). The molecular weight excluding hydrogens is 376 g/mol. The second-order valence-electron chi connectivity index (χ2n) is 10.0. The first kappa shape index (κ1) is 20.2. The molecule has 0 radical (unpaired) electrons. The van der Waals surface area contributed by atoms with Gasteiger partial charge in [-0.05, 0) is 37.8 Å². The minimum Gasteiger partial charge on any atom is -0.351 e. The molecule has 5 heteroatoms. The van der Waals surface area contributed by atoms with Crippen LogP contribution in [0, 0.1) is 5.92 Å². The van der Waals surface area contributed by atoms with Crippen LogP contribution in [0.3, 0.4) is 0 Å². The first-order chi connectivity index (χ1) is 14.3. The topological polar surface area (TPSA) is 46.3 Å². The molecule has 0 saturated carbocycles. The standard InChI is InChI=1S/C25H32N2O3/c1-17(2)20-16-28-25(26-20)24(22(29-24)19-14-10-7-11-15-19)21(18-12-8-6-9-13-18)27(30-25)23(3,4)5/h6-15,17,20-22,26H,16H2,1-5H3/t20-,21+,22-,24-,25-/m1/s1. The third-order valence-electron chi connectivity index (χ3n) is 6.55. The summed E-state index contributed by atoms with van der Waals surface area (Å²) in [5.41, 5.74) is 1.40. The van der Waals surface area contributed by atoms with E-state index < -0.39 is 11.5 Å². The molecule has 3 aliphatic rings. The third-order valence-corrected chi connectivity index (χ3v) is 6.55. The van der Waals surface area contributed by atoms with Crippen LogP contribution in [0.25, 0.3) is 0 Å². The number of hydrogen-bond donors (Lipinski definition) is 1. The molecule has 30 heavy (non-hydrogen) atoms. The first-order valence-corrected chi connectivity index (χ1v) is 11.0. The van der Waals surface area contributed by atoms with Crippen molar-refractivity contribution in [1.29, 1.82) is 0 Å². The lowest BCUT2D eigenvalue weighted by Gasteiger charge is -2.35. The molecule has 2 aromatic carbocycles. The number of rotatable bonds is 3.